The Hall–Kier alpha value is -2.20. The molecule has 0 aromatic heterocycles. The number of carbonyl (C=O) groups excluding carboxylic acids is 1. The molecule has 0 spiro atoms. The zero-order valence-electron chi connectivity index (χ0n) is 13.4. The van der Waals surface area contributed by atoms with Gasteiger partial charge in [-0.25, -0.2) is 0 Å². The Kier molecular flexibility index (Phi) is 5.88. The molecule has 4 nitrogen and oxygen atoms in total. The highest BCUT2D eigenvalue weighted by Crippen LogP contribution is 2.29. The van der Waals surface area contributed by atoms with Crippen molar-refractivity contribution in [3.63, 3.8) is 0 Å². The van der Waals surface area contributed by atoms with Gasteiger partial charge in [0.05, 0.1) is 13.7 Å². The molecule has 23 heavy (non-hydrogen) atoms. The number of rotatable bonds is 6. The summed E-state index contributed by atoms with van der Waals surface area (Å²) in [5, 5.41) is 3.43. The Bertz CT molecular complexity index is 668. The average Bonchev–Trinajstić information content (AvgIpc) is 2.54. The fourth-order valence-corrected chi connectivity index (χ4v) is 2.05. The van der Waals surface area contributed by atoms with Crippen LogP contribution in [0.1, 0.15) is 24.2 Å². The van der Waals surface area contributed by atoms with E-state index >= 15 is 0 Å². The lowest BCUT2D eigenvalue weighted by molar-refractivity contribution is 0.102. The van der Waals surface area contributed by atoms with Crippen LogP contribution in [0.15, 0.2) is 42.5 Å². The predicted octanol–water partition coefficient (Wildman–Crippen LogP) is 4.64. The Balaban J connectivity index is 2.12. The third kappa shape index (κ3) is 4.89. The summed E-state index contributed by atoms with van der Waals surface area (Å²) in [5.74, 6) is 1.35. The first-order valence-electron chi connectivity index (χ1n) is 7.37. The smallest absolute Gasteiger partial charge is 0.255 e. The monoisotopic (exact) mass is 333 g/mol. The normalized spacial score (nSPS) is 10.5. The largest absolute Gasteiger partial charge is 0.493 e. The second-order valence-corrected chi connectivity index (χ2v) is 5.97. The van der Waals surface area contributed by atoms with Crippen LogP contribution in [0.2, 0.25) is 5.02 Å². The molecule has 5 heteroatoms. The highest BCUT2D eigenvalue weighted by molar-refractivity contribution is 6.30. The summed E-state index contributed by atoms with van der Waals surface area (Å²) < 4.78 is 11.0. The zero-order chi connectivity index (χ0) is 16.8. The molecule has 0 unspecified atom stereocenters. The fraction of sp³-hybridized carbons (Fsp3) is 0.278. The van der Waals surface area contributed by atoms with Crippen molar-refractivity contribution in [3.8, 4) is 11.5 Å². The third-order valence-corrected chi connectivity index (χ3v) is 3.35. The molecule has 2 rings (SSSR count). The lowest BCUT2D eigenvalue weighted by Gasteiger charge is -2.13. The summed E-state index contributed by atoms with van der Waals surface area (Å²) in [5.41, 5.74) is 1.17. The molecule has 0 heterocycles. The Morgan fingerprint density at radius 3 is 2.43 bits per heavy atom. The van der Waals surface area contributed by atoms with Crippen LogP contribution in [-0.4, -0.2) is 19.6 Å². The molecule has 0 saturated heterocycles. The maximum atomic E-state index is 12.3. The van der Waals surface area contributed by atoms with E-state index in [0.717, 1.165) is 0 Å². The van der Waals surface area contributed by atoms with Gasteiger partial charge < -0.3 is 14.8 Å². The molecular weight excluding hydrogens is 314 g/mol. The minimum absolute atomic E-state index is 0.221. The first-order chi connectivity index (χ1) is 11.0. The van der Waals surface area contributed by atoms with E-state index in [1.54, 1.807) is 49.6 Å². The average molecular weight is 334 g/mol. The fourth-order valence-electron chi connectivity index (χ4n) is 1.92. The number of halogens is 1. The lowest BCUT2D eigenvalue weighted by Crippen LogP contribution is -2.12. The second kappa shape index (κ2) is 7.88. The maximum Gasteiger partial charge on any atom is 0.255 e. The highest BCUT2D eigenvalue weighted by Gasteiger charge is 2.12. The number of methoxy groups -OCH3 is 1. The first-order valence-corrected chi connectivity index (χ1v) is 7.75. The number of hydrogen-bond acceptors (Lipinski definition) is 3. The van der Waals surface area contributed by atoms with Crippen LogP contribution in [0, 0.1) is 5.92 Å². The van der Waals surface area contributed by atoms with Gasteiger partial charge in [-0.1, -0.05) is 25.4 Å². The van der Waals surface area contributed by atoms with Crippen molar-refractivity contribution in [2.75, 3.05) is 19.0 Å². The minimum Gasteiger partial charge on any atom is -0.493 e. The van der Waals surface area contributed by atoms with Crippen molar-refractivity contribution in [1.29, 1.82) is 0 Å². The van der Waals surface area contributed by atoms with Crippen molar-refractivity contribution in [1.82, 2.24) is 0 Å². The summed E-state index contributed by atoms with van der Waals surface area (Å²) in [4.78, 5) is 12.3. The number of amides is 1. The summed E-state index contributed by atoms with van der Waals surface area (Å²) in [7, 11) is 1.55. The van der Waals surface area contributed by atoms with Gasteiger partial charge >= 0.3 is 0 Å². The van der Waals surface area contributed by atoms with E-state index in [0.29, 0.717) is 40.3 Å². The molecule has 2 aromatic carbocycles. The molecule has 0 aliphatic carbocycles. The van der Waals surface area contributed by atoms with E-state index in [4.69, 9.17) is 21.1 Å². The van der Waals surface area contributed by atoms with Gasteiger partial charge in [0.1, 0.15) is 0 Å². The van der Waals surface area contributed by atoms with Crippen LogP contribution in [0.5, 0.6) is 11.5 Å². The van der Waals surface area contributed by atoms with Gasteiger partial charge in [-0.3, -0.25) is 4.79 Å². The van der Waals surface area contributed by atoms with E-state index in [1.807, 2.05) is 0 Å². The first kappa shape index (κ1) is 17.2. The third-order valence-electron chi connectivity index (χ3n) is 3.10. The highest BCUT2D eigenvalue weighted by atomic mass is 35.5. The SMILES string of the molecule is COc1cc(C(=O)Nc2ccc(Cl)cc2)ccc1OCC(C)C. The molecule has 0 aliphatic heterocycles. The van der Waals surface area contributed by atoms with Crippen molar-refractivity contribution in [3.05, 3.63) is 53.1 Å². The quantitative estimate of drug-likeness (QED) is 0.838. The number of benzene rings is 2. The van der Waals surface area contributed by atoms with Gasteiger partial charge in [-0.15, -0.1) is 0 Å². The molecular formula is C18H20ClNO3. The van der Waals surface area contributed by atoms with Crippen LogP contribution in [0.3, 0.4) is 0 Å². The predicted molar refractivity (Wildman–Crippen MR) is 92.7 cm³/mol. The van der Waals surface area contributed by atoms with Crippen LogP contribution in [0.25, 0.3) is 0 Å². The van der Waals surface area contributed by atoms with Crippen LogP contribution in [-0.2, 0) is 0 Å². The van der Waals surface area contributed by atoms with Gasteiger partial charge in [0.2, 0.25) is 0 Å². The van der Waals surface area contributed by atoms with Gasteiger partial charge in [0.25, 0.3) is 5.91 Å². The van der Waals surface area contributed by atoms with Crippen molar-refractivity contribution in [2.24, 2.45) is 5.92 Å². The molecule has 2 aromatic rings. The van der Waals surface area contributed by atoms with Crippen molar-refractivity contribution in [2.45, 2.75) is 13.8 Å². The Labute approximate surface area is 141 Å². The molecule has 0 saturated carbocycles. The molecule has 0 atom stereocenters. The van der Waals surface area contributed by atoms with Gasteiger partial charge in [0, 0.05) is 16.3 Å². The minimum atomic E-state index is -0.221. The topological polar surface area (TPSA) is 47.6 Å². The van der Waals surface area contributed by atoms with Crippen molar-refractivity contribution >= 4 is 23.2 Å². The number of anilines is 1. The molecule has 0 bridgehead atoms. The standard InChI is InChI=1S/C18H20ClNO3/c1-12(2)11-23-16-9-4-13(10-17(16)22-3)18(21)20-15-7-5-14(19)6-8-15/h4-10,12H,11H2,1-3H3,(H,20,21). The van der Waals surface area contributed by atoms with E-state index in [9.17, 15) is 4.79 Å². The van der Waals surface area contributed by atoms with Gasteiger partial charge in [-0.2, -0.15) is 0 Å². The van der Waals surface area contributed by atoms with E-state index in [-0.39, 0.29) is 5.91 Å². The zero-order valence-corrected chi connectivity index (χ0v) is 14.2. The summed E-state index contributed by atoms with van der Waals surface area (Å²) in [6.07, 6.45) is 0. The van der Waals surface area contributed by atoms with Crippen molar-refractivity contribution < 1.29 is 14.3 Å². The maximum absolute atomic E-state index is 12.3. The molecule has 0 radical (unpaired) electrons. The van der Waals surface area contributed by atoms with Crippen LogP contribution >= 0.6 is 11.6 Å². The van der Waals surface area contributed by atoms with Crippen LogP contribution < -0.4 is 14.8 Å². The molecule has 1 N–H and O–H groups in total. The summed E-state index contributed by atoms with van der Waals surface area (Å²) in [6.45, 7) is 4.73. The second-order valence-electron chi connectivity index (χ2n) is 5.53. The molecule has 0 fully saturated rings. The Morgan fingerprint density at radius 2 is 1.83 bits per heavy atom. The number of hydrogen-bond donors (Lipinski definition) is 1. The lowest BCUT2D eigenvalue weighted by atomic mass is 10.1. The summed E-state index contributed by atoms with van der Waals surface area (Å²) >= 11 is 5.83. The van der Waals surface area contributed by atoms with Crippen LogP contribution in [0.4, 0.5) is 5.69 Å². The summed E-state index contributed by atoms with van der Waals surface area (Å²) in [6, 6.07) is 12.1. The van der Waals surface area contributed by atoms with Gasteiger partial charge in [0.15, 0.2) is 11.5 Å². The Morgan fingerprint density at radius 1 is 1.13 bits per heavy atom. The molecule has 1 amide bonds. The molecule has 0 aliphatic rings. The van der Waals surface area contributed by atoms with Gasteiger partial charge in [-0.05, 0) is 48.4 Å². The number of nitrogens with one attached hydrogen (secondary N) is 1. The van der Waals surface area contributed by atoms with E-state index in [2.05, 4.69) is 19.2 Å². The number of carbonyl (C=O) groups is 1. The molecule has 122 valence electrons. The number of ether oxygens (including phenoxy) is 2. The van der Waals surface area contributed by atoms with E-state index in [1.165, 1.54) is 0 Å². The van der Waals surface area contributed by atoms with E-state index < -0.39 is 0 Å².